The van der Waals surface area contributed by atoms with Crippen molar-refractivity contribution in [3.05, 3.63) is 23.3 Å². The molecule has 3 rings (SSSR count). The van der Waals surface area contributed by atoms with Crippen molar-refractivity contribution in [2.45, 2.75) is 42.4 Å². The van der Waals surface area contributed by atoms with Gasteiger partial charge in [-0.1, -0.05) is 0 Å². The van der Waals surface area contributed by atoms with E-state index in [-0.39, 0.29) is 11.3 Å². The van der Waals surface area contributed by atoms with Gasteiger partial charge in [-0.05, 0) is 31.4 Å². The molecule has 2 atom stereocenters. The molecule has 0 bridgehead atoms. The second-order valence-corrected chi connectivity index (χ2v) is 8.15. The van der Waals surface area contributed by atoms with Crippen LogP contribution < -0.4 is 4.90 Å². The first-order valence-electron chi connectivity index (χ1n) is 7.47. The van der Waals surface area contributed by atoms with Crippen LogP contribution in [-0.2, 0) is 9.84 Å². The van der Waals surface area contributed by atoms with Gasteiger partial charge in [0.2, 0.25) is 0 Å². The number of hydrogen-bond acceptors (Lipinski definition) is 4. The number of benzene rings is 1. The lowest BCUT2D eigenvalue weighted by molar-refractivity contribution is -0.143. The van der Waals surface area contributed by atoms with Gasteiger partial charge in [0.25, 0.3) is 0 Å². The Bertz CT molecular complexity index is 730. The first-order chi connectivity index (χ1) is 10.7. The number of hydrogen-bond donors (Lipinski definition) is 1. The van der Waals surface area contributed by atoms with Crippen molar-refractivity contribution in [1.82, 2.24) is 0 Å². The molecule has 0 saturated carbocycles. The summed E-state index contributed by atoms with van der Waals surface area (Å²) in [5, 5.41) is 9.87. The van der Waals surface area contributed by atoms with Gasteiger partial charge < -0.3 is 10.0 Å². The maximum Gasteiger partial charge on any atom is 0.312 e. The van der Waals surface area contributed by atoms with Crippen molar-refractivity contribution in [2.24, 2.45) is 0 Å². The fourth-order valence-corrected chi connectivity index (χ4v) is 4.35. The molecular formula is C15H18F3NO3S. The van der Waals surface area contributed by atoms with Crippen LogP contribution in [0.15, 0.2) is 17.0 Å². The van der Waals surface area contributed by atoms with Crippen LogP contribution in [0.3, 0.4) is 0 Å². The Morgan fingerprint density at radius 1 is 1.17 bits per heavy atom. The Balaban J connectivity index is 2.24. The molecule has 2 aliphatic rings. The minimum Gasteiger partial charge on any atom is -0.382 e. The predicted molar refractivity (Wildman–Crippen MR) is 79.4 cm³/mol. The number of sulfone groups is 1. The van der Waals surface area contributed by atoms with E-state index >= 15 is 0 Å². The molecule has 1 fully saturated rings. The largest absolute Gasteiger partial charge is 0.382 e. The van der Waals surface area contributed by atoms with E-state index in [4.69, 9.17) is 0 Å². The Morgan fingerprint density at radius 2 is 1.78 bits per heavy atom. The Labute approximate surface area is 132 Å². The third-order valence-electron chi connectivity index (χ3n) is 4.55. The van der Waals surface area contributed by atoms with Gasteiger partial charge in [-0.25, -0.2) is 12.8 Å². The second-order valence-electron chi connectivity index (χ2n) is 6.17. The highest BCUT2D eigenvalue weighted by atomic mass is 32.2. The van der Waals surface area contributed by atoms with Crippen molar-refractivity contribution < 1.29 is 26.7 Å². The average Bonchev–Trinajstić information content (AvgIpc) is 2.68. The summed E-state index contributed by atoms with van der Waals surface area (Å²) in [6, 6.07) is 2.57. The summed E-state index contributed by atoms with van der Waals surface area (Å²) < 4.78 is 66.1. The molecular weight excluding hydrogens is 331 g/mol. The lowest BCUT2D eigenvalue weighted by atomic mass is 10.0. The lowest BCUT2D eigenvalue weighted by Crippen LogP contribution is -2.31. The summed E-state index contributed by atoms with van der Waals surface area (Å²) in [5.74, 6) is -4.03. The molecule has 1 saturated heterocycles. The molecule has 1 heterocycles. The van der Waals surface area contributed by atoms with Crippen LogP contribution in [0.4, 0.5) is 18.9 Å². The molecule has 1 N–H and O–H groups in total. The number of nitrogens with zero attached hydrogens (tertiary/aromatic N) is 1. The number of halogens is 3. The summed E-state index contributed by atoms with van der Waals surface area (Å²) in [5.41, 5.74) is -0.615. The van der Waals surface area contributed by atoms with Crippen molar-refractivity contribution in [3.8, 4) is 0 Å². The van der Waals surface area contributed by atoms with Gasteiger partial charge in [0.15, 0.2) is 16.0 Å². The topological polar surface area (TPSA) is 57.6 Å². The average molecular weight is 349 g/mol. The number of anilines is 1. The summed E-state index contributed by atoms with van der Waals surface area (Å²) in [4.78, 5) is 1.36. The van der Waals surface area contributed by atoms with Crippen molar-refractivity contribution in [2.75, 3.05) is 24.2 Å². The van der Waals surface area contributed by atoms with E-state index in [2.05, 4.69) is 0 Å². The zero-order valence-electron chi connectivity index (χ0n) is 12.6. The first-order valence-corrected chi connectivity index (χ1v) is 9.36. The van der Waals surface area contributed by atoms with Crippen LogP contribution >= 0.6 is 0 Å². The summed E-state index contributed by atoms with van der Waals surface area (Å²) in [6.07, 6.45) is -1.58. The van der Waals surface area contributed by atoms with Gasteiger partial charge in [0.1, 0.15) is 6.10 Å². The van der Waals surface area contributed by atoms with E-state index in [0.29, 0.717) is 13.1 Å². The quantitative estimate of drug-likeness (QED) is 0.892. The number of alkyl halides is 3. The maximum atomic E-state index is 14.4. The molecule has 128 valence electrons. The monoisotopic (exact) mass is 349 g/mol. The Kier molecular flexibility index (Phi) is 3.87. The molecule has 0 unspecified atom stereocenters. The summed E-state index contributed by atoms with van der Waals surface area (Å²) >= 11 is 0. The summed E-state index contributed by atoms with van der Waals surface area (Å²) in [6.45, 7) is 1.19. The normalized spacial score (nSPS) is 27.1. The molecule has 1 aliphatic carbocycles. The molecule has 0 radical (unpaired) electrons. The van der Waals surface area contributed by atoms with Crippen LogP contribution in [0, 0.1) is 0 Å². The minimum absolute atomic E-state index is 0.260. The molecule has 1 aliphatic heterocycles. The first kappa shape index (κ1) is 16.6. The van der Waals surface area contributed by atoms with Crippen LogP contribution in [0.25, 0.3) is 0 Å². The molecule has 8 heteroatoms. The lowest BCUT2D eigenvalue weighted by Gasteiger charge is -2.31. The number of rotatable bonds is 2. The van der Waals surface area contributed by atoms with Gasteiger partial charge in [0.05, 0.1) is 4.90 Å². The van der Waals surface area contributed by atoms with E-state index < -0.39 is 38.5 Å². The van der Waals surface area contributed by atoms with Gasteiger partial charge >= 0.3 is 5.92 Å². The van der Waals surface area contributed by atoms with Crippen molar-refractivity contribution >= 4 is 15.5 Å². The van der Waals surface area contributed by atoms with Gasteiger partial charge in [-0.3, -0.25) is 0 Å². The van der Waals surface area contributed by atoms with Gasteiger partial charge in [-0.15, -0.1) is 0 Å². The zero-order chi connectivity index (χ0) is 17.0. The SMILES string of the molecule is CS(=O)(=O)c1ccc(N2CCCCC2)c2c1[C@H](O)C(F)(F)[C@@H]2F. The maximum absolute atomic E-state index is 14.4. The highest BCUT2D eigenvalue weighted by Crippen LogP contribution is 2.57. The Hall–Kier alpha value is -1.28. The number of fused-ring (bicyclic) bond motifs is 1. The van der Waals surface area contributed by atoms with E-state index in [1.807, 2.05) is 0 Å². The third-order valence-corrected chi connectivity index (χ3v) is 5.70. The number of aliphatic hydroxyl groups excluding tert-OH is 1. The van der Waals surface area contributed by atoms with Gasteiger partial charge in [-0.2, -0.15) is 8.78 Å². The predicted octanol–water partition coefficient (Wildman–Crippen LogP) is 2.77. The standard InChI is InChI=1S/C15H18F3NO3S/c1-23(21,22)10-6-5-9(19-7-3-2-4-8-19)11-12(10)14(20)15(17,18)13(11)16/h5-6,13-14,20H,2-4,7-8H2,1H3/t13-,14+/m1/s1. The molecule has 0 aromatic heterocycles. The minimum atomic E-state index is -4.03. The fraction of sp³-hybridized carbons (Fsp3) is 0.600. The van der Waals surface area contributed by atoms with Gasteiger partial charge in [0, 0.05) is 36.2 Å². The second kappa shape index (κ2) is 5.37. The van der Waals surface area contributed by atoms with Crippen LogP contribution in [0.1, 0.15) is 42.7 Å². The van der Waals surface area contributed by atoms with Crippen LogP contribution in [0.2, 0.25) is 0 Å². The molecule has 23 heavy (non-hydrogen) atoms. The number of piperidine rings is 1. The molecule has 4 nitrogen and oxygen atoms in total. The van der Waals surface area contributed by atoms with E-state index in [1.165, 1.54) is 12.1 Å². The fourth-order valence-electron chi connectivity index (χ4n) is 3.41. The third kappa shape index (κ3) is 2.52. The van der Waals surface area contributed by atoms with E-state index in [1.54, 1.807) is 4.90 Å². The highest BCUT2D eigenvalue weighted by Gasteiger charge is 2.58. The summed E-state index contributed by atoms with van der Waals surface area (Å²) in [7, 11) is -3.86. The van der Waals surface area contributed by atoms with Crippen molar-refractivity contribution in [3.63, 3.8) is 0 Å². The molecule has 0 spiro atoms. The molecule has 1 aromatic rings. The van der Waals surface area contributed by atoms with E-state index in [0.717, 1.165) is 25.5 Å². The van der Waals surface area contributed by atoms with Crippen molar-refractivity contribution in [1.29, 1.82) is 0 Å². The van der Waals surface area contributed by atoms with Crippen LogP contribution in [0.5, 0.6) is 0 Å². The number of aliphatic hydroxyl groups is 1. The highest BCUT2D eigenvalue weighted by molar-refractivity contribution is 7.90. The molecule has 1 aromatic carbocycles. The van der Waals surface area contributed by atoms with E-state index in [9.17, 15) is 26.7 Å². The zero-order valence-corrected chi connectivity index (χ0v) is 13.4. The van der Waals surface area contributed by atoms with Crippen LogP contribution in [-0.4, -0.2) is 38.8 Å². The molecule has 0 amide bonds. The Morgan fingerprint density at radius 3 is 2.35 bits per heavy atom. The smallest absolute Gasteiger partial charge is 0.312 e.